The summed E-state index contributed by atoms with van der Waals surface area (Å²) < 4.78 is 40.6. The van der Waals surface area contributed by atoms with Crippen LogP contribution in [0.5, 0.6) is 0 Å². The van der Waals surface area contributed by atoms with Crippen molar-refractivity contribution in [1.82, 2.24) is 29.4 Å². The van der Waals surface area contributed by atoms with Gasteiger partial charge in [-0.15, -0.1) is 0 Å². The molecule has 9 nitrogen and oxygen atoms in total. The number of alkyl halides is 3. The number of nitrogens with zero attached hydrogens (tertiary/aromatic N) is 8. The maximum absolute atomic E-state index is 13.1. The minimum Gasteiger partial charge on any atom is -0.353 e. The number of benzene rings is 1. The Labute approximate surface area is 228 Å². The lowest BCUT2D eigenvalue weighted by atomic mass is 10.1. The van der Waals surface area contributed by atoms with Crippen molar-refractivity contribution >= 4 is 17.5 Å². The van der Waals surface area contributed by atoms with Crippen LogP contribution in [0.4, 0.5) is 24.8 Å². The molecule has 12 heteroatoms. The lowest BCUT2D eigenvalue weighted by Gasteiger charge is -2.34. The number of fused-ring (bicyclic) bond motifs is 1. The van der Waals surface area contributed by atoms with Crippen LogP contribution in [0.3, 0.4) is 0 Å². The lowest BCUT2D eigenvalue weighted by molar-refractivity contribution is -0.140. The number of halogens is 3. The minimum absolute atomic E-state index is 0.0880. The minimum atomic E-state index is -4.51. The monoisotopic (exact) mass is 548 g/mol. The number of pyridine rings is 1. The molecule has 206 valence electrons. The van der Waals surface area contributed by atoms with Gasteiger partial charge in [-0.25, -0.2) is 19.9 Å². The molecule has 1 fully saturated rings. The summed E-state index contributed by atoms with van der Waals surface area (Å²) in [6.45, 7) is 3.84. The van der Waals surface area contributed by atoms with Crippen molar-refractivity contribution in [1.29, 1.82) is 0 Å². The van der Waals surface area contributed by atoms with E-state index in [1.54, 1.807) is 41.6 Å². The average Bonchev–Trinajstić information content (AvgIpc) is 3.49. The first kappa shape index (κ1) is 25.9. The van der Waals surface area contributed by atoms with Crippen molar-refractivity contribution in [2.45, 2.75) is 19.1 Å². The topological polar surface area (TPSA) is 83.3 Å². The molecule has 1 amide bonds. The summed E-state index contributed by atoms with van der Waals surface area (Å²) in [5.74, 6) is 2.02. The summed E-state index contributed by atoms with van der Waals surface area (Å²) in [6.07, 6.45) is 0.135. The van der Waals surface area contributed by atoms with Gasteiger partial charge in [0.15, 0.2) is 11.5 Å². The Bertz CT molecular complexity index is 1560. The molecule has 0 atom stereocenters. The van der Waals surface area contributed by atoms with E-state index in [1.165, 1.54) is 11.6 Å². The standard InChI is InChI=1S/C28H27F3N8O/c1-36-10-12-38(13-11-36)27-21(4-3-9-32-27)24-33-15-20-14-23(40)39(26(20)35-24)16-18-5-7-19(8-6-18)25-34-22(17-37(25)2)28(29,30)31/h3-9,15,17H,10-14,16H2,1-2H3. The Morgan fingerprint density at radius 1 is 0.925 bits per heavy atom. The zero-order valence-corrected chi connectivity index (χ0v) is 22.1. The number of carbonyl (C=O) groups excluding carboxylic acids is 1. The number of imidazole rings is 1. The van der Waals surface area contributed by atoms with Gasteiger partial charge in [-0.05, 0) is 24.7 Å². The molecule has 0 spiro atoms. The smallest absolute Gasteiger partial charge is 0.353 e. The highest BCUT2D eigenvalue weighted by atomic mass is 19.4. The zero-order chi connectivity index (χ0) is 28.0. The van der Waals surface area contributed by atoms with E-state index < -0.39 is 11.9 Å². The van der Waals surface area contributed by atoms with Gasteiger partial charge in [-0.1, -0.05) is 24.3 Å². The summed E-state index contributed by atoms with van der Waals surface area (Å²) in [5, 5.41) is 0. The molecule has 0 unspecified atom stereocenters. The van der Waals surface area contributed by atoms with Crippen LogP contribution in [0.25, 0.3) is 22.8 Å². The summed E-state index contributed by atoms with van der Waals surface area (Å²) in [4.78, 5) is 36.9. The number of hydrogen-bond donors (Lipinski definition) is 0. The zero-order valence-electron chi connectivity index (χ0n) is 22.1. The average molecular weight is 549 g/mol. The molecule has 1 aromatic carbocycles. The van der Waals surface area contributed by atoms with E-state index in [-0.39, 0.29) is 24.7 Å². The Balaban J connectivity index is 1.25. The third-order valence-corrected chi connectivity index (χ3v) is 7.29. The molecule has 0 saturated carbocycles. The normalized spacial score (nSPS) is 16.1. The summed E-state index contributed by atoms with van der Waals surface area (Å²) in [7, 11) is 3.63. The molecular formula is C28H27F3N8O. The first-order valence-corrected chi connectivity index (χ1v) is 12.9. The van der Waals surface area contributed by atoms with E-state index in [4.69, 9.17) is 4.98 Å². The second-order valence-corrected chi connectivity index (χ2v) is 10.1. The Morgan fingerprint density at radius 3 is 2.38 bits per heavy atom. The summed E-state index contributed by atoms with van der Waals surface area (Å²) >= 11 is 0. The van der Waals surface area contributed by atoms with Crippen LogP contribution < -0.4 is 9.80 Å². The predicted octanol–water partition coefficient (Wildman–Crippen LogP) is 3.80. The van der Waals surface area contributed by atoms with Crippen LogP contribution in [-0.4, -0.2) is 68.5 Å². The number of amides is 1. The van der Waals surface area contributed by atoms with Crippen LogP contribution in [-0.2, 0) is 31.0 Å². The van der Waals surface area contributed by atoms with Crippen LogP contribution in [0, 0.1) is 0 Å². The molecule has 0 N–H and O–H groups in total. The third-order valence-electron chi connectivity index (χ3n) is 7.29. The highest BCUT2D eigenvalue weighted by molar-refractivity contribution is 6.00. The first-order valence-electron chi connectivity index (χ1n) is 12.9. The molecule has 6 rings (SSSR count). The fourth-order valence-corrected chi connectivity index (χ4v) is 5.08. The number of hydrogen-bond acceptors (Lipinski definition) is 7. The van der Waals surface area contributed by atoms with Gasteiger partial charge in [0, 0.05) is 62.9 Å². The molecule has 0 radical (unpaired) electrons. The fourth-order valence-electron chi connectivity index (χ4n) is 5.08. The predicted molar refractivity (Wildman–Crippen MR) is 144 cm³/mol. The quantitative estimate of drug-likeness (QED) is 0.375. The number of rotatable bonds is 5. The van der Waals surface area contributed by atoms with E-state index in [9.17, 15) is 18.0 Å². The molecule has 40 heavy (non-hydrogen) atoms. The van der Waals surface area contributed by atoms with E-state index in [2.05, 4.69) is 31.8 Å². The van der Waals surface area contributed by atoms with E-state index in [0.29, 0.717) is 17.2 Å². The highest BCUT2D eigenvalue weighted by Gasteiger charge is 2.35. The molecule has 0 bridgehead atoms. The molecular weight excluding hydrogens is 521 g/mol. The van der Waals surface area contributed by atoms with Crippen molar-refractivity contribution in [3.63, 3.8) is 0 Å². The molecule has 2 aliphatic rings. The Morgan fingerprint density at radius 2 is 1.68 bits per heavy atom. The van der Waals surface area contributed by atoms with Crippen LogP contribution in [0.1, 0.15) is 16.8 Å². The van der Waals surface area contributed by atoms with E-state index in [0.717, 1.165) is 54.9 Å². The second-order valence-electron chi connectivity index (χ2n) is 10.1. The van der Waals surface area contributed by atoms with Gasteiger partial charge in [0.2, 0.25) is 5.91 Å². The van der Waals surface area contributed by atoms with Gasteiger partial charge in [0.05, 0.1) is 18.5 Å². The largest absolute Gasteiger partial charge is 0.434 e. The van der Waals surface area contributed by atoms with E-state index in [1.807, 2.05) is 12.1 Å². The molecule has 2 aliphatic heterocycles. The fraction of sp³-hybridized carbons (Fsp3) is 0.321. The van der Waals surface area contributed by atoms with Crippen LogP contribution >= 0.6 is 0 Å². The lowest BCUT2D eigenvalue weighted by Crippen LogP contribution is -2.45. The van der Waals surface area contributed by atoms with Gasteiger partial charge in [-0.2, -0.15) is 13.2 Å². The van der Waals surface area contributed by atoms with Gasteiger partial charge in [-0.3, -0.25) is 9.69 Å². The van der Waals surface area contributed by atoms with E-state index >= 15 is 0 Å². The Kier molecular flexibility index (Phi) is 6.49. The van der Waals surface area contributed by atoms with Crippen molar-refractivity contribution in [3.05, 3.63) is 71.8 Å². The maximum Gasteiger partial charge on any atom is 0.434 e. The summed E-state index contributed by atoms with van der Waals surface area (Å²) in [6, 6.07) is 10.8. The number of carbonyl (C=O) groups is 1. The number of aromatic nitrogens is 5. The second kappa shape index (κ2) is 10.0. The van der Waals surface area contributed by atoms with Crippen LogP contribution in [0.2, 0.25) is 0 Å². The molecule has 5 heterocycles. The number of piperazine rings is 1. The number of aryl methyl sites for hydroxylation is 1. The molecule has 0 aliphatic carbocycles. The first-order chi connectivity index (χ1) is 19.2. The van der Waals surface area contributed by atoms with Gasteiger partial charge < -0.3 is 14.4 Å². The summed E-state index contributed by atoms with van der Waals surface area (Å²) in [5.41, 5.74) is 1.99. The van der Waals surface area contributed by atoms with Gasteiger partial charge in [0.25, 0.3) is 0 Å². The third kappa shape index (κ3) is 4.90. The number of likely N-dealkylation sites (N-methyl/N-ethyl adjacent to an activating group) is 1. The molecule has 1 saturated heterocycles. The van der Waals surface area contributed by atoms with Crippen molar-refractivity contribution in [2.75, 3.05) is 43.0 Å². The van der Waals surface area contributed by atoms with Crippen molar-refractivity contribution in [2.24, 2.45) is 7.05 Å². The number of anilines is 2. The van der Waals surface area contributed by atoms with Crippen LogP contribution in [0.15, 0.2) is 55.0 Å². The Hall–Kier alpha value is -4.32. The van der Waals surface area contributed by atoms with Gasteiger partial charge in [0.1, 0.15) is 17.5 Å². The SMILES string of the molecule is CN1CCN(c2ncccc2-c2ncc3c(n2)N(Cc2ccc(-c4nc(C(F)(F)F)cn4C)cc2)C(=O)C3)CC1. The van der Waals surface area contributed by atoms with Crippen molar-refractivity contribution in [3.8, 4) is 22.8 Å². The molecule has 4 aromatic rings. The maximum atomic E-state index is 13.1. The van der Waals surface area contributed by atoms with Gasteiger partial charge >= 0.3 is 6.18 Å². The van der Waals surface area contributed by atoms with Crippen molar-refractivity contribution < 1.29 is 18.0 Å². The molecule has 3 aromatic heterocycles. The highest BCUT2D eigenvalue weighted by Crippen LogP contribution is 2.34.